The van der Waals surface area contributed by atoms with Crippen molar-refractivity contribution in [1.82, 2.24) is 5.32 Å². The number of rotatable bonds is 1. The Morgan fingerprint density at radius 1 is 1.50 bits per heavy atom. The van der Waals surface area contributed by atoms with E-state index in [1.807, 2.05) is 13.8 Å². The van der Waals surface area contributed by atoms with Gasteiger partial charge in [0.05, 0.1) is 0 Å². The Balaban J connectivity index is 0.000000371. The van der Waals surface area contributed by atoms with Crippen LogP contribution in [0.1, 0.15) is 33.6 Å². The van der Waals surface area contributed by atoms with E-state index in [1.54, 1.807) is 0 Å². The highest BCUT2D eigenvalue weighted by Gasteiger charge is 2.20. The predicted octanol–water partition coefficient (Wildman–Crippen LogP) is 2.12. The van der Waals surface area contributed by atoms with Crippen LogP contribution in [0.5, 0.6) is 0 Å². The summed E-state index contributed by atoms with van der Waals surface area (Å²) < 4.78 is 12.3. The second-order valence-corrected chi connectivity index (χ2v) is 2.35. The topological polar surface area (TPSA) is 12.0 Å². The average molecular weight is 147 g/mol. The molecule has 1 nitrogen and oxygen atoms in total. The molecule has 1 fully saturated rings. The van der Waals surface area contributed by atoms with Crippen molar-refractivity contribution in [3.05, 3.63) is 0 Å². The summed E-state index contributed by atoms with van der Waals surface area (Å²) in [6, 6.07) is 0.449. The molecule has 1 heterocycles. The van der Waals surface area contributed by atoms with Crippen LogP contribution in [0.25, 0.3) is 0 Å². The van der Waals surface area contributed by atoms with Crippen LogP contribution in [0.2, 0.25) is 0 Å². The van der Waals surface area contributed by atoms with Crippen LogP contribution in [0.3, 0.4) is 0 Å². The summed E-state index contributed by atoms with van der Waals surface area (Å²) in [5.74, 6) is 0. The molecule has 0 spiro atoms. The summed E-state index contributed by atoms with van der Waals surface area (Å²) in [4.78, 5) is 0. The van der Waals surface area contributed by atoms with Gasteiger partial charge in [0.25, 0.3) is 0 Å². The smallest absolute Gasteiger partial charge is 0.114 e. The largest absolute Gasteiger partial charge is 0.311 e. The molecule has 10 heavy (non-hydrogen) atoms. The zero-order valence-electron chi connectivity index (χ0n) is 7.15. The van der Waals surface area contributed by atoms with Crippen LogP contribution < -0.4 is 5.32 Å². The van der Waals surface area contributed by atoms with Gasteiger partial charge in [-0.2, -0.15) is 0 Å². The first kappa shape index (κ1) is 9.89. The first-order chi connectivity index (χ1) is 4.83. The van der Waals surface area contributed by atoms with Crippen molar-refractivity contribution < 1.29 is 4.39 Å². The molecule has 0 aromatic rings. The van der Waals surface area contributed by atoms with Crippen molar-refractivity contribution in [2.45, 2.75) is 45.8 Å². The van der Waals surface area contributed by atoms with E-state index in [2.05, 4.69) is 12.2 Å². The molecule has 1 saturated heterocycles. The molecular weight excluding hydrogens is 129 g/mol. The Kier molecular flexibility index (Phi) is 5.60. The van der Waals surface area contributed by atoms with E-state index in [0.29, 0.717) is 12.6 Å². The molecule has 62 valence electrons. The van der Waals surface area contributed by atoms with E-state index in [4.69, 9.17) is 0 Å². The molecule has 0 saturated carbocycles. The van der Waals surface area contributed by atoms with Crippen LogP contribution in [-0.2, 0) is 0 Å². The van der Waals surface area contributed by atoms with Crippen molar-refractivity contribution in [2.75, 3.05) is 6.54 Å². The minimum absolute atomic E-state index is 0.449. The van der Waals surface area contributed by atoms with E-state index >= 15 is 0 Å². The Morgan fingerprint density at radius 2 is 2.10 bits per heavy atom. The number of alkyl halides is 1. The van der Waals surface area contributed by atoms with Gasteiger partial charge in [0.15, 0.2) is 0 Å². The highest BCUT2D eigenvalue weighted by atomic mass is 19.1. The van der Waals surface area contributed by atoms with Gasteiger partial charge >= 0.3 is 0 Å². The maximum atomic E-state index is 12.3. The van der Waals surface area contributed by atoms with E-state index in [0.717, 1.165) is 12.8 Å². The SMILES string of the molecule is CC.CCC1C[C@H](F)CN1. The molecule has 0 aromatic carbocycles. The number of halogens is 1. The molecular formula is C8H18FN. The summed E-state index contributed by atoms with van der Waals surface area (Å²) in [6.07, 6.45) is 1.19. The van der Waals surface area contributed by atoms with Gasteiger partial charge in [-0.1, -0.05) is 20.8 Å². The van der Waals surface area contributed by atoms with Gasteiger partial charge in [-0.05, 0) is 12.8 Å². The Morgan fingerprint density at radius 3 is 2.30 bits per heavy atom. The number of nitrogens with one attached hydrogen (secondary N) is 1. The van der Waals surface area contributed by atoms with Crippen molar-refractivity contribution >= 4 is 0 Å². The third kappa shape index (κ3) is 3.16. The van der Waals surface area contributed by atoms with E-state index < -0.39 is 6.17 Å². The lowest BCUT2D eigenvalue weighted by molar-refractivity contribution is 0.354. The van der Waals surface area contributed by atoms with E-state index in [1.165, 1.54) is 0 Å². The fourth-order valence-corrected chi connectivity index (χ4v) is 1.08. The van der Waals surface area contributed by atoms with Crippen LogP contribution >= 0.6 is 0 Å². The molecule has 2 atom stereocenters. The molecule has 2 heteroatoms. The molecule has 1 unspecified atom stereocenters. The van der Waals surface area contributed by atoms with Gasteiger partial charge in [-0.25, -0.2) is 4.39 Å². The van der Waals surface area contributed by atoms with Gasteiger partial charge in [0.2, 0.25) is 0 Å². The van der Waals surface area contributed by atoms with Crippen molar-refractivity contribution in [1.29, 1.82) is 0 Å². The maximum absolute atomic E-state index is 12.3. The zero-order chi connectivity index (χ0) is 7.98. The molecule has 0 bridgehead atoms. The quantitative estimate of drug-likeness (QED) is 0.599. The molecule has 0 aliphatic carbocycles. The average Bonchev–Trinajstić information content (AvgIpc) is 2.40. The Hall–Kier alpha value is -0.110. The third-order valence-electron chi connectivity index (χ3n) is 1.66. The van der Waals surface area contributed by atoms with E-state index in [9.17, 15) is 4.39 Å². The van der Waals surface area contributed by atoms with Crippen LogP contribution in [0.15, 0.2) is 0 Å². The highest BCUT2D eigenvalue weighted by molar-refractivity contribution is 4.79. The summed E-state index contributed by atoms with van der Waals surface area (Å²) in [7, 11) is 0. The molecule has 1 N–H and O–H groups in total. The third-order valence-corrected chi connectivity index (χ3v) is 1.66. The van der Waals surface area contributed by atoms with Gasteiger partial charge < -0.3 is 5.32 Å². The minimum Gasteiger partial charge on any atom is -0.311 e. The molecule has 1 rings (SSSR count). The lowest BCUT2D eigenvalue weighted by Crippen LogP contribution is -2.19. The molecule has 1 aliphatic heterocycles. The number of hydrogen-bond donors (Lipinski definition) is 1. The Labute approximate surface area is 63.0 Å². The predicted molar refractivity (Wildman–Crippen MR) is 42.9 cm³/mol. The summed E-state index contributed by atoms with van der Waals surface area (Å²) in [6.45, 7) is 6.65. The first-order valence-corrected chi connectivity index (χ1v) is 4.20. The second kappa shape index (κ2) is 5.66. The molecule has 0 radical (unpaired) electrons. The minimum atomic E-state index is -0.583. The summed E-state index contributed by atoms with van der Waals surface area (Å²) in [5.41, 5.74) is 0. The van der Waals surface area contributed by atoms with Gasteiger partial charge in [0.1, 0.15) is 6.17 Å². The highest BCUT2D eigenvalue weighted by Crippen LogP contribution is 2.11. The normalized spacial score (nSPS) is 31.2. The van der Waals surface area contributed by atoms with E-state index in [-0.39, 0.29) is 0 Å². The Bertz CT molecular complexity index is 75.7. The van der Waals surface area contributed by atoms with Crippen LogP contribution in [0.4, 0.5) is 4.39 Å². The van der Waals surface area contributed by atoms with Crippen molar-refractivity contribution in [3.8, 4) is 0 Å². The standard InChI is InChI=1S/C6H12FN.C2H6/c1-2-6-3-5(7)4-8-6;1-2/h5-6,8H,2-4H2,1H3;1-2H3/t5-,6?;/m0./s1. The van der Waals surface area contributed by atoms with Crippen molar-refractivity contribution in [2.24, 2.45) is 0 Å². The fraction of sp³-hybridized carbons (Fsp3) is 1.00. The lowest BCUT2D eigenvalue weighted by Gasteiger charge is -2.02. The second-order valence-electron chi connectivity index (χ2n) is 2.35. The summed E-state index contributed by atoms with van der Waals surface area (Å²) in [5, 5.41) is 3.08. The van der Waals surface area contributed by atoms with Crippen LogP contribution in [0, 0.1) is 0 Å². The number of hydrogen-bond acceptors (Lipinski definition) is 1. The van der Waals surface area contributed by atoms with Crippen LogP contribution in [-0.4, -0.2) is 18.8 Å². The molecule has 1 aliphatic rings. The van der Waals surface area contributed by atoms with Gasteiger partial charge in [-0.3, -0.25) is 0 Å². The van der Waals surface area contributed by atoms with Gasteiger partial charge in [0, 0.05) is 12.6 Å². The molecule has 0 aromatic heterocycles. The lowest BCUT2D eigenvalue weighted by atomic mass is 10.2. The fourth-order valence-electron chi connectivity index (χ4n) is 1.08. The van der Waals surface area contributed by atoms with Crippen molar-refractivity contribution in [3.63, 3.8) is 0 Å². The zero-order valence-corrected chi connectivity index (χ0v) is 7.15. The monoisotopic (exact) mass is 147 g/mol. The summed E-state index contributed by atoms with van der Waals surface area (Å²) >= 11 is 0. The first-order valence-electron chi connectivity index (χ1n) is 4.20. The maximum Gasteiger partial charge on any atom is 0.114 e. The molecule has 0 amide bonds. The van der Waals surface area contributed by atoms with Gasteiger partial charge in [-0.15, -0.1) is 0 Å².